The zero-order valence-electron chi connectivity index (χ0n) is 16.3. The van der Waals surface area contributed by atoms with Gasteiger partial charge in [0.05, 0.1) is 0 Å². The second kappa shape index (κ2) is 10.4. The first kappa shape index (κ1) is 20.5. The Kier molecular flexibility index (Phi) is 8.54. The molecule has 2 radical (unpaired) electrons. The summed E-state index contributed by atoms with van der Waals surface area (Å²) in [6.45, 7) is 6.97. The van der Waals surface area contributed by atoms with Crippen molar-refractivity contribution in [3.05, 3.63) is 30.3 Å². The molecule has 136 valence electrons. The molecule has 2 aromatic rings. The number of benzene rings is 1. The molecule has 2 rings (SSSR count). The molecule has 3 heteroatoms. The van der Waals surface area contributed by atoms with Crippen molar-refractivity contribution < 1.29 is 0 Å². The zero-order valence-corrected chi connectivity index (χ0v) is 19.1. The molecule has 0 unspecified atom stereocenters. The number of hydrogen-bond donors (Lipinski definition) is 1. The van der Waals surface area contributed by atoms with Crippen molar-refractivity contribution in [3.63, 3.8) is 0 Å². The van der Waals surface area contributed by atoms with Gasteiger partial charge in [0.2, 0.25) is 0 Å². The number of hydrogen-bond acceptors (Lipinski definition) is 2. The van der Waals surface area contributed by atoms with Crippen LogP contribution >= 0.6 is 0 Å². The van der Waals surface area contributed by atoms with Crippen LogP contribution in [0, 0.1) is 0 Å². The van der Waals surface area contributed by atoms with Gasteiger partial charge in [-0.1, -0.05) is 0 Å². The molecule has 0 aliphatic carbocycles. The van der Waals surface area contributed by atoms with Crippen LogP contribution < -0.4 is 9.44 Å². The maximum absolute atomic E-state index is 6.16. The van der Waals surface area contributed by atoms with Crippen LogP contribution in [0.15, 0.2) is 30.3 Å². The van der Waals surface area contributed by atoms with E-state index in [1.807, 2.05) is 6.07 Å². The van der Waals surface area contributed by atoms with Crippen LogP contribution in [-0.4, -0.2) is 26.1 Å². The summed E-state index contributed by atoms with van der Waals surface area (Å²) in [4.78, 5) is 4.86. The summed E-state index contributed by atoms with van der Waals surface area (Å²) in [5, 5.41) is 2.62. The predicted molar refractivity (Wildman–Crippen MR) is 113 cm³/mol. The fourth-order valence-corrected chi connectivity index (χ4v) is 9.25. The van der Waals surface area contributed by atoms with Crippen molar-refractivity contribution in [3.8, 4) is 0 Å². The Hall–Kier alpha value is -0.771. The fourth-order valence-electron chi connectivity index (χ4n) is 3.67. The molecule has 1 heterocycles. The van der Waals surface area contributed by atoms with Crippen LogP contribution in [0.1, 0.15) is 78.6 Å². The Morgan fingerprint density at radius 1 is 0.920 bits per heavy atom. The van der Waals surface area contributed by atoms with Crippen LogP contribution in [0.2, 0.25) is 3.43 Å². The Morgan fingerprint density at radius 3 is 2.04 bits per heavy atom. The van der Waals surface area contributed by atoms with Crippen molar-refractivity contribution in [1.82, 2.24) is 4.98 Å². The van der Waals surface area contributed by atoms with E-state index in [1.165, 1.54) is 72.3 Å². The van der Waals surface area contributed by atoms with E-state index >= 15 is 0 Å². The van der Waals surface area contributed by atoms with Gasteiger partial charge in [-0.2, -0.15) is 0 Å². The van der Waals surface area contributed by atoms with Crippen LogP contribution in [0.5, 0.6) is 0 Å². The molecule has 0 saturated carbocycles. The topological polar surface area (TPSA) is 38.9 Å². The van der Waals surface area contributed by atoms with Crippen LogP contribution in [0.25, 0.3) is 10.8 Å². The second-order valence-corrected chi connectivity index (χ2v) is 12.4. The van der Waals surface area contributed by atoms with Crippen LogP contribution in [0.3, 0.4) is 0 Å². The van der Waals surface area contributed by atoms with Gasteiger partial charge in [-0.05, 0) is 0 Å². The SMILES string of the molecule is CCCC[C](CCCC)(CCCC)[Sn][c]1nc(N)cc2ccccc12. The van der Waals surface area contributed by atoms with E-state index in [0.717, 1.165) is 0 Å². The molecule has 0 bridgehead atoms. The number of pyridine rings is 1. The van der Waals surface area contributed by atoms with E-state index < -0.39 is 21.1 Å². The molecule has 0 aliphatic heterocycles. The summed E-state index contributed by atoms with van der Waals surface area (Å²) in [5.41, 5.74) is 6.16. The average Bonchev–Trinajstić information content (AvgIpc) is 2.62. The summed E-state index contributed by atoms with van der Waals surface area (Å²) in [7, 11) is 0. The van der Waals surface area contributed by atoms with Gasteiger partial charge in [0.25, 0.3) is 0 Å². The van der Waals surface area contributed by atoms with Gasteiger partial charge in [0, 0.05) is 0 Å². The van der Waals surface area contributed by atoms with Crippen LogP contribution in [0.4, 0.5) is 5.82 Å². The standard InChI is InChI=1S/C13H27.C9H7N2.Sn/c1-4-7-10-13(11-8-5-2)12-9-6-3;10-9-5-7-3-1-2-4-8(7)6-11-9;/h4-12H2,1-3H3;1-5H,(H2,10,11);. The summed E-state index contributed by atoms with van der Waals surface area (Å²) < 4.78 is 1.93. The van der Waals surface area contributed by atoms with Crippen molar-refractivity contribution in [2.75, 3.05) is 5.73 Å². The fraction of sp³-hybridized carbons (Fsp3) is 0.591. The van der Waals surface area contributed by atoms with Gasteiger partial charge < -0.3 is 0 Å². The Bertz CT molecular complexity index is 632. The number of nitrogens with two attached hydrogens (primary N) is 1. The Labute approximate surface area is 164 Å². The minimum absolute atomic E-state index is 0.551. The molecule has 0 saturated heterocycles. The average molecular weight is 445 g/mol. The normalized spacial score (nSPS) is 12.0. The second-order valence-electron chi connectivity index (χ2n) is 7.33. The van der Waals surface area contributed by atoms with E-state index in [4.69, 9.17) is 10.7 Å². The number of anilines is 1. The molecular formula is C22H34N2Sn. The third-order valence-corrected chi connectivity index (χ3v) is 10.6. The minimum atomic E-state index is -0.851. The summed E-state index contributed by atoms with van der Waals surface area (Å²) in [6.07, 6.45) is 12.1. The molecule has 0 amide bonds. The van der Waals surface area contributed by atoms with Gasteiger partial charge in [0.1, 0.15) is 0 Å². The predicted octanol–water partition coefficient (Wildman–Crippen LogP) is 5.88. The van der Waals surface area contributed by atoms with E-state index in [1.54, 1.807) is 0 Å². The van der Waals surface area contributed by atoms with Crippen molar-refractivity contribution >= 4 is 41.4 Å². The molecule has 0 atom stereocenters. The molecule has 1 aromatic carbocycles. The summed E-state index contributed by atoms with van der Waals surface area (Å²) in [6, 6.07) is 10.7. The Morgan fingerprint density at radius 2 is 1.48 bits per heavy atom. The monoisotopic (exact) mass is 446 g/mol. The molecule has 25 heavy (non-hydrogen) atoms. The van der Waals surface area contributed by atoms with E-state index in [0.29, 0.717) is 9.25 Å². The number of rotatable bonds is 11. The number of unbranched alkanes of at least 4 members (excludes halogenated alkanes) is 3. The molecule has 0 aliphatic rings. The van der Waals surface area contributed by atoms with Gasteiger partial charge in [-0.15, -0.1) is 0 Å². The number of nitrogen functional groups attached to an aromatic ring is 1. The molecule has 1 aromatic heterocycles. The van der Waals surface area contributed by atoms with Gasteiger partial charge in [-0.3, -0.25) is 0 Å². The van der Waals surface area contributed by atoms with Crippen molar-refractivity contribution in [2.45, 2.75) is 82.0 Å². The van der Waals surface area contributed by atoms with E-state index in [-0.39, 0.29) is 0 Å². The van der Waals surface area contributed by atoms with Gasteiger partial charge in [0.15, 0.2) is 0 Å². The molecular weight excluding hydrogens is 411 g/mol. The molecule has 0 fully saturated rings. The Balaban J connectivity index is 2.39. The third-order valence-electron chi connectivity index (χ3n) is 5.17. The first-order valence-electron chi connectivity index (χ1n) is 10.1. The van der Waals surface area contributed by atoms with E-state index in [9.17, 15) is 0 Å². The molecule has 0 spiro atoms. The van der Waals surface area contributed by atoms with Gasteiger partial charge in [-0.25, -0.2) is 0 Å². The van der Waals surface area contributed by atoms with Crippen LogP contribution in [-0.2, 0) is 0 Å². The van der Waals surface area contributed by atoms with Crippen molar-refractivity contribution in [2.24, 2.45) is 0 Å². The maximum atomic E-state index is 6.16. The zero-order chi connectivity index (χ0) is 18.1. The summed E-state index contributed by atoms with van der Waals surface area (Å²) >= 11 is -0.851. The number of nitrogens with zero attached hydrogens (tertiary/aromatic N) is 1. The summed E-state index contributed by atoms with van der Waals surface area (Å²) in [5.74, 6) is 0.699. The van der Waals surface area contributed by atoms with Crippen molar-refractivity contribution in [1.29, 1.82) is 0 Å². The van der Waals surface area contributed by atoms with E-state index in [2.05, 4.69) is 45.0 Å². The quantitative estimate of drug-likeness (QED) is 0.439. The molecule has 2 nitrogen and oxygen atoms in total. The first-order chi connectivity index (χ1) is 12.1. The van der Waals surface area contributed by atoms with Gasteiger partial charge >= 0.3 is 164 Å². The molecule has 2 N–H and O–H groups in total. The number of aromatic nitrogens is 1. The number of fused-ring (bicyclic) bond motifs is 1. The third kappa shape index (κ3) is 5.87. The first-order valence-corrected chi connectivity index (χ1v) is 12.9.